The van der Waals surface area contributed by atoms with Crippen molar-refractivity contribution in [3.63, 3.8) is 0 Å². The SMILES string of the molecule is COc1cc(-c2cc(-c3ccc(CS(=O)O)cc3)cnc2N)ccc1O. The van der Waals surface area contributed by atoms with Crippen molar-refractivity contribution in [2.45, 2.75) is 5.75 Å². The van der Waals surface area contributed by atoms with Gasteiger partial charge in [0.25, 0.3) is 0 Å². The third-order valence-corrected chi connectivity index (χ3v) is 4.57. The molecule has 4 N–H and O–H groups in total. The molecule has 0 aliphatic heterocycles. The van der Waals surface area contributed by atoms with Gasteiger partial charge >= 0.3 is 0 Å². The molecule has 26 heavy (non-hydrogen) atoms. The van der Waals surface area contributed by atoms with Gasteiger partial charge in [0.05, 0.1) is 12.9 Å². The molecule has 1 atom stereocenters. The maximum atomic E-state index is 10.9. The highest BCUT2D eigenvalue weighted by Crippen LogP contribution is 2.35. The van der Waals surface area contributed by atoms with E-state index in [9.17, 15) is 9.32 Å². The smallest absolute Gasteiger partial charge is 0.161 e. The maximum Gasteiger partial charge on any atom is 0.161 e. The Labute approximate surface area is 153 Å². The number of aromatic hydroxyl groups is 1. The monoisotopic (exact) mass is 370 g/mol. The fourth-order valence-corrected chi connectivity index (χ4v) is 3.12. The van der Waals surface area contributed by atoms with E-state index in [0.29, 0.717) is 11.6 Å². The fraction of sp³-hybridized carbons (Fsp3) is 0.105. The van der Waals surface area contributed by atoms with Crippen molar-refractivity contribution < 1.29 is 18.6 Å². The minimum absolute atomic E-state index is 0.0517. The number of nitrogens with zero attached hydrogens (tertiary/aromatic N) is 1. The molecule has 0 radical (unpaired) electrons. The predicted molar refractivity (Wildman–Crippen MR) is 102 cm³/mol. The number of phenolic OH excluding ortho intramolecular Hbond substituents is 1. The Bertz CT molecular complexity index is 958. The molecule has 1 heterocycles. The quantitative estimate of drug-likeness (QED) is 0.594. The summed E-state index contributed by atoms with van der Waals surface area (Å²) in [5.74, 6) is 0.872. The summed E-state index contributed by atoms with van der Waals surface area (Å²) in [5.41, 5.74) is 10.1. The average Bonchev–Trinajstić information content (AvgIpc) is 2.63. The van der Waals surface area contributed by atoms with Gasteiger partial charge in [-0.1, -0.05) is 30.3 Å². The van der Waals surface area contributed by atoms with Crippen LogP contribution in [0.4, 0.5) is 5.82 Å². The number of hydrogen-bond donors (Lipinski definition) is 3. The Morgan fingerprint density at radius 2 is 1.77 bits per heavy atom. The minimum Gasteiger partial charge on any atom is -0.504 e. The summed E-state index contributed by atoms with van der Waals surface area (Å²) in [6, 6.07) is 14.3. The van der Waals surface area contributed by atoms with Crippen LogP contribution >= 0.6 is 0 Å². The zero-order chi connectivity index (χ0) is 18.7. The van der Waals surface area contributed by atoms with Crippen molar-refractivity contribution in [2.75, 3.05) is 12.8 Å². The Balaban J connectivity index is 1.99. The number of nitrogens with two attached hydrogens (primary N) is 1. The average molecular weight is 370 g/mol. The van der Waals surface area contributed by atoms with Crippen LogP contribution in [-0.2, 0) is 16.8 Å². The summed E-state index contributed by atoms with van der Waals surface area (Å²) in [7, 11) is 1.48. The summed E-state index contributed by atoms with van der Waals surface area (Å²) in [6.07, 6.45) is 1.68. The molecule has 0 saturated carbocycles. The Morgan fingerprint density at radius 1 is 1.08 bits per heavy atom. The van der Waals surface area contributed by atoms with E-state index >= 15 is 0 Å². The molecule has 0 amide bonds. The lowest BCUT2D eigenvalue weighted by Crippen LogP contribution is -1.96. The molecule has 0 fully saturated rings. The highest BCUT2D eigenvalue weighted by atomic mass is 32.2. The Morgan fingerprint density at radius 3 is 2.42 bits per heavy atom. The molecule has 2 aromatic carbocycles. The second-order valence-corrected chi connectivity index (χ2v) is 6.64. The van der Waals surface area contributed by atoms with Crippen LogP contribution in [0.1, 0.15) is 5.56 Å². The van der Waals surface area contributed by atoms with E-state index in [4.69, 9.17) is 15.0 Å². The lowest BCUT2D eigenvalue weighted by atomic mass is 10.00. The minimum atomic E-state index is -1.87. The van der Waals surface area contributed by atoms with Gasteiger partial charge in [0, 0.05) is 17.3 Å². The van der Waals surface area contributed by atoms with Crippen molar-refractivity contribution >= 4 is 16.9 Å². The van der Waals surface area contributed by atoms with E-state index in [1.165, 1.54) is 7.11 Å². The van der Waals surface area contributed by atoms with Crippen LogP contribution in [0.5, 0.6) is 11.5 Å². The first-order valence-corrected chi connectivity index (χ1v) is 9.05. The Hall–Kier alpha value is -2.90. The van der Waals surface area contributed by atoms with Crippen LogP contribution < -0.4 is 10.5 Å². The molecule has 3 aromatic rings. The molecule has 0 bridgehead atoms. The van der Waals surface area contributed by atoms with Crippen molar-refractivity contribution in [1.82, 2.24) is 4.98 Å². The molecular weight excluding hydrogens is 352 g/mol. The fourth-order valence-electron chi connectivity index (χ4n) is 2.65. The van der Waals surface area contributed by atoms with E-state index in [-0.39, 0.29) is 11.5 Å². The summed E-state index contributed by atoms with van der Waals surface area (Å²) >= 11 is -1.87. The van der Waals surface area contributed by atoms with E-state index in [1.807, 2.05) is 30.3 Å². The molecule has 1 unspecified atom stereocenters. The van der Waals surface area contributed by atoms with Crippen LogP contribution in [0.25, 0.3) is 22.3 Å². The Kier molecular flexibility index (Phi) is 5.20. The topological polar surface area (TPSA) is 106 Å². The van der Waals surface area contributed by atoms with Gasteiger partial charge in [-0.25, -0.2) is 9.19 Å². The van der Waals surface area contributed by atoms with Crippen LogP contribution in [0.2, 0.25) is 0 Å². The first-order valence-electron chi connectivity index (χ1n) is 7.77. The number of pyridine rings is 1. The molecule has 7 heteroatoms. The normalized spacial score (nSPS) is 11.9. The number of benzene rings is 2. The molecule has 134 valence electrons. The number of anilines is 1. The second kappa shape index (κ2) is 7.55. The van der Waals surface area contributed by atoms with Crippen LogP contribution in [-0.4, -0.2) is 26.0 Å². The van der Waals surface area contributed by atoms with E-state index in [1.54, 1.807) is 24.4 Å². The molecule has 3 rings (SSSR count). The number of phenols is 1. The number of methoxy groups -OCH3 is 1. The van der Waals surface area contributed by atoms with Gasteiger partial charge in [-0.05, 0) is 34.9 Å². The summed E-state index contributed by atoms with van der Waals surface area (Å²) in [5, 5.41) is 9.76. The van der Waals surface area contributed by atoms with Crippen molar-refractivity contribution in [3.8, 4) is 33.8 Å². The van der Waals surface area contributed by atoms with Gasteiger partial charge in [-0.2, -0.15) is 0 Å². The molecule has 0 aliphatic rings. The first kappa shape index (κ1) is 17.9. The van der Waals surface area contributed by atoms with E-state index in [0.717, 1.165) is 27.8 Å². The summed E-state index contributed by atoms with van der Waals surface area (Å²) < 4.78 is 25.0. The van der Waals surface area contributed by atoms with Crippen molar-refractivity contribution in [1.29, 1.82) is 0 Å². The van der Waals surface area contributed by atoms with Gasteiger partial charge < -0.3 is 20.1 Å². The lowest BCUT2D eigenvalue weighted by molar-refractivity contribution is 0.373. The van der Waals surface area contributed by atoms with E-state index in [2.05, 4.69) is 4.98 Å². The summed E-state index contributed by atoms with van der Waals surface area (Å²) in [6.45, 7) is 0. The molecule has 6 nitrogen and oxygen atoms in total. The molecule has 1 aromatic heterocycles. The van der Waals surface area contributed by atoms with Crippen LogP contribution in [0.3, 0.4) is 0 Å². The predicted octanol–water partition coefficient (Wildman–Crippen LogP) is 3.43. The van der Waals surface area contributed by atoms with Gasteiger partial charge in [0.15, 0.2) is 22.6 Å². The maximum absolute atomic E-state index is 10.9. The van der Waals surface area contributed by atoms with Crippen LogP contribution in [0, 0.1) is 0 Å². The largest absolute Gasteiger partial charge is 0.504 e. The third kappa shape index (κ3) is 3.84. The lowest BCUT2D eigenvalue weighted by Gasteiger charge is -2.11. The number of hydrogen-bond acceptors (Lipinski definition) is 5. The number of rotatable bonds is 5. The second-order valence-electron chi connectivity index (χ2n) is 5.71. The standard InChI is InChI=1S/C19H18N2O4S/c1-25-18-9-14(6-7-17(18)22)16-8-15(10-21-19(16)20)13-4-2-12(3-5-13)11-26(23)24/h2-10,22H,11H2,1H3,(H2,20,21)(H,23,24). The van der Waals surface area contributed by atoms with Crippen molar-refractivity contribution in [3.05, 3.63) is 60.3 Å². The van der Waals surface area contributed by atoms with Gasteiger partial charge in [0.2, 0.25) is 0 Å². The van der Waals surface area contributed by atoms with Gasteiger partial charge in [-0.3, -0.25) is 0 Å². The van der Waals surface area contributed by atoms with Gasteiger partial charge in [-0.15, -0.1) is 0 Å². The zero-order valence-corrected chi connectivity index (χ0v) is 14.9. The number of ether oxygens (including phenoxy) is 1. The van der Waals surface area contributed by atoms with Gasteiger partial charge in [0.1, 0.15) is 5.82 Å². The summed E-state index contributed by atoms with van der Waals surface area (Å²) in [4.78, 5) is 4.27. The van der Waals surface area contributed by atoms with Crippen LogP contribution in [0.15, 0.2) is 54.7 Å². The first-order chi connectivity index (χ1) is 12.5. The molecular formula is C19H18N2O4S. The zero-order valence-electron chi connectivity index (χ0n) is 14.0. The molecule has 0 spiro atoms. The van der Waals surface area contributed by atoms with E-state index < -0.39 is 11.1 Å². The van der Waals surface area contributed by atoms with Crippen molar-refractivity contribution in [2.24, 2.45) is 0 Å². The highest BCUT2D eigenvalue weighted by Gasteiger charge is 2.10. The number of aromatic nitrogens is 1. The molecule has 0 aliphatic carbocycles. The third-order valence-electron chi connectivity index (χ3n) is 3.99. The highest BCUT2D eigenvalue weighted by molar-refractivity contribution is 7.78. The molecule has 0 saturated heterocycles. The number of nitrogen functional groups attached to an aromatic ring is 1.